The van der Waals surface area contributed by atoms with Crippen LogP contribution in [0.5, 0.6) is 0 Å². The van der Waals surface area contributed by atoms with E-state index in [0.29, 0.717) is 11.5 Å². The molecule has 2 aliphatic rings. The lowest BCUT2D eigenvalue weighted by atomic mass is 9.91. The van der Waals surface area contributed by atoms with Crippen molar-refractivity contribution < 1.29 is 0 Å². The first-order valence-electron chi connectivity index (χ1n) is 9.34. The third-order valence-electron chi connectivity index (χ3n) is 5.44. The van der Waals surface area contributed by atoms with Gasteiger partial charge < -0.3 is 10.2 Å². The average Bonchev–Trinajstić information content (AvgIpc) is 2.67. The number of aromatic nitrogens is 3. The maximum absolute atomic E-state index is 6.03. The summed E-state index contributed by atoms with van der Waals surface area (Å²) in [5.41, 5.74) is 4.26. The minimum atomic E-state index is 0.523. The fourth-order valence-corrected chi connectivity index (χ4v) is 3.99. The first-order chi connectivity index (χ1) is 12.3. The second-order valence-corrected chi connectivity index (χ2v) is 6.95. The van der Waals surface area contributed by atoms with Gasteiger partial charge in [-0.1, -0.05) is 13.0 Å². The molecule has 1 saturated heterocycles. The molecule has 128 valence electrons. The number of hydrogen-bond acceptors (Lipinski definition) is 5. The lowest BCUT2D eigenvalue weighted by Crippen LogP contribution is -2.36. The number of piperidine rings is 1. The summed E-state index contributed by atoms with van der Waals surface area (Å²) >= 11 is 0. The van der Waals surface area contributed by atoms with Crippen LogP contribution in [0.2, 0.25) is 0 Å². The molecule has 5 nitrogen and oxygen atoms in total. The third kappa shape index (κ3) is 3.22. The van der Waals surface area contributed by atoms with Gasteiger partial charge in [-0.15, -0.1) is 0 Å². The molecule has 0 unspecified atom stereocenters. The number of hydrogen-bond donors (Lipinski definition) is 1. The van der Waals surface area contributed by atoms with E-state index in [0.717, 1.165) is 62.5 Å². The summed E-state index contributed by atoms with van der Waals surface area (Å²) in [5.74, 6) is 2.63. The molecule has 0 bridgehead atoms. The predicted octanol–water partition coefficient (Wildman–Crippen LogP) is 1.97. The molecule has 0 aliphatic carbocycles. The SMILES string of the molecule is [B]c1ncnc(N2CCC(c3ccc4c(n3)NCCC4)CC2)c1CC. The molecule has 1 N–H and O–H groups in total. The molecule has 2 aliphatic heterocycles. The Morgan fingerprint density at radius 2 is 2.08 bits per heavy atom. The van der Waals surface area contributed by atoms with Crippen molar-refractivity contribution in [3.63, 3.8) is 0 Å². The Bertz CT molecular complexity index is 755. The van der Waals surface area contributed by atoms with E-state index in [4.69, 9.17) is 12.8 Å². The summed E-state index contributed by atoms with van der Waals surface area (Å²) in [6, 6.07) is 4.49. The van der Waals surface area contributed by atoms with Crippen molar-refractivity contribution in [2.24, 2.45) is 0 Å². The molecular formula is C19H24BN5. The van der Waals surface area contributed by atoms with Crippen LogP contribution in [-0.2, 0) is 12.8 Å². The van der Waals surface area contributed by atoms with Crippen LogP contribution in [0.4, 0.5) is 11.6 Å². The van der Waals surface area contributed by atoms with Crippen molar-refractivity contribution in [3.05, 3.63) is 35.3 Å². The Hall–Kier alpha value is -2.11. The highest BCUT2D eigenvalue weighted by Gasteiger charge is 2.25. The molecule has 2 aromatic heterocycles. The normalized spacial score (nSPS) is 17.9. The van der Waals surface area contributed by atoms with Crippen LogP contribution in [0.15, 0.2) is 18.5 Å². The van der Waals surface area contributed by atoms with Gasteiger partial charge in [0.1, 0.15) is 25.8 Å². The van der Waals surface area contributed by atoms with Gasteiger partial charge in [-0.2, -0.15) is 0 Å². The zero-order valence-electron chi connectivity index (χ0n) is 14.8. The molecule has 0 amide bonds. The number of nitrogens with zero attached hydrogens (tertiary/aromatic N) is 4. The van der Waals surface area contributed by atoms with Crippen LogP contribution < -0.4 is 15.8 Å². The fraction of sp³-hybridized carbons (Fsp3) is 0.526. The van der Waals surface area contributed by atoms with Gasteiger partial charge in [-0.25, -0.2) is 9.97 Å². The highest BCUT2D eigenvalue weighted by molar-refractivity contribution is 6.32. The molecule has 4 rings (SSSR count). The van der Waals surface area contributed by atoms with E-state index >= 15 is 0 Å². The van der Waals surface area contributed by atoms with Crippen LogP contribution in [-0.4, -0.2) is 42.4 Å². The molecule has 25 heavy (non-hydrogen) atoms. The molecule has 6 heteroatoms. The van der Waals surface area contributed by atoms with Gasteiger partial charge in [0.2, 0.25) is 0 Å². The number of rotatable bonds is 3. The van der Waals surface area contributed by atoms with E-state index in [1.807, 2.05) is 0 Å². The van der Waals surface area contributed by atoms with Crippen molar-refractivity contribution in [2.45, 2.75) is 44.9 Å². The van der Waals surface area contributed by atoms with Crippen LogP contribution in [0.25, 0.3) is 0 Å². The van der Waals surface area contributed by atoms with Gasteiger partial charge in [0.25, 0.3) is 0 Å². The Labute approximate surface area is 150 Å². The van der Waals surface area contributed by atoms with Crippen molar-refractivity contribution in [3.8, 4) is 0 Å². The van der Waals surface area contributed by atoms with Crippen LogP contribution >= 0.6 is 0 Å². The molecule has 0 saturated carbocycles. The first-order valence-corrected chi connectivity index (χ1v) is 9.34. The maximum atomic E-state index is 6.03. The summed E-state index contributed by atoms with van der Waals surface area (Å²) < 4.78 is 0. The predicted molar refractivity (Wildman–Crippen MR) is 102 cm³/mol. The topological polar surface area (TPSA) is 53.9 Å². The quantitative estimate of drug-likeness (QED) is 0.871. The zero-order valence-corrected chi connectivity index (χ0v) is 14.8. The minimum Gasteiger partial charge on any atom is -0.370 e. The van der Waals surface area contributed by atoms with Crippen LogP contribution in [0, 0.1) is 0 Å². The Morgan fingerprint density at radius 3 is 2.88 bits per heavy atom. The number of pyridine rings is 1. The second-order valence-electron chi connectivity index (χ2n) is 6.95. The fourth-order valence-electron chi connectivity index (χ4n) is 3.99. The highest BCUT2D eigenvalue weighted by atomic mass is 15.2. The zero-order chi connectivity index (χ0) is 17.2. The second kappa shape index (κ2) is 7.02. The molecule has 0 aromatic carbocycles. The Kier molecular flexibility index (Phi) is 4.60. The summed E-state index contributed by atoms with van der Waals surface area (Å²) in [6.45, 7) is 5.12. The molecule has 2 aromatic rings. The van der Waals surface area contributed by atoms with Gasteiger partial charge in [0.05, 0.1) is 0 Å². The smallest absolute Gasteiger partial charge is 0.142 e. The van der Waals surface area contributed by atoms with E-state index in [-0.39, 0.29) is 0 Å². The monoisotopic (exact) mass is 333 g/mol. The standard InChI is InChI=1S/C19H24BN5/c1-2-15-17(20)22-12-23-19(15)25-10-7-13(8-11-25)16-6-5-14-4-3-9-21-18(14)24-16/h5-6,12-13H,2-4,7-11H2,1H3,(H,21,24). The number of anilines is 2. The lowest BCUT2D eigenvalue weighted by Gasteiger charge is -2.34. The van der Waals surface area contributed by atoms with Crippen molar-refractivity contribution in [1.82, 2.24) is 15.0 Å². The van der Waals surface area contributed by atoms with Gasteiger partial charge in [0.15, 0.2) is 0 Å². The van der Waals surface area contributed by atoms with Gasteiger partial charge in [-0.05, 0) is 49.3 Å². The van der Waals surface area contributed by atoms with Gasteiger partial charge >= 0.3 is 0 Å². The van der Waals surface area contributed by atoms with E-state index in [1.165, 1.54) is 17.7 Å². The molecule has 0 spiro atoms. The van der Waals surface area contributed by atoms with Crippen molar-refractivity contribution in [2.75, 3.05) is 29.9 Å². The molecule has 4 heterocycles. The minimum absolute atomic E-state index is 0.523. The van der Waals surface area contributed by atoms with E-state index < -0.39 is 0 Å². The summed E-state index contributed by atoms with van der Waals surface area (Å²) in [5, 5.41) is 3.45. The summed E-state index contributed by atoms with van der Waals surface area (Å²) in [4.78, 5) is 15.9. The maximum Gasteiger partial charge on any atom is 0.142 e. The average molecular weight is 333 g/mol. The summed E-state index contributed by atoms with van der Waals surface area (Å²) in [6.07, 6.45) is 6.97. The Morgan fingerprint density at radius 1 is 1.24 bits per heavy atom. The van der Waals surface area contributed by atoms with Gasteiger partial charge in [0, 0.05) is 36.8 Å². The number of fused-ring (bicyclic) bond motifs is 1. The Balaban J connectivity index is 1.48. The number of nitrogens with one attached hydrogen (secondary N) is 1. The van der Waals surface area contributed by atoms with Crippen LogP contribution in [0.3, 0.4) is 0 Å². The third-order valence-corrected chi connectivity index (χ3v) is 5.44. The van der Waals surface area contributed by atoms with E-state index in [2.05, 4.69) is 39.2 Å². The van der Waals surface area contributed by atoms with E-state index in [1.54, 1.807) is 6.33 Å². The largest absolute Gasteiger partial charge is 0.370 e. The molecule has 2 radical (unpaired) electrons. The summed E-state index contributed by atoms with van der Waals surface area (Å²) in [7, 11) is 6.03. The molecular weight excluding hydrogens is 309 g/mol. The highest BCUT2D eigenvalue weighted by Crippen LogP contribution is 2.31. The van der Waals surface area contributed by atoms with Gasteiger partial charge in [-0.3, -0.25) is 4.98 Å². The number of aryl methyl sites for hydroxylation is 1. The first kappa shape index (κ1) is 16.4. The molecule has 1 fully saturated rings. The van der Waals surface area contributed by atoms with Crippen molar-refractivity contribution in [1.29, 1.82) is 0 Å². The van der Waals surface area contributed by atoms with Crippen molar-refractivity contribution >= 4 is 25.1 Å². The van der Waals surface area contributed by atoms with Crippen LogP contribution in [0.1, 0.15) is 48.9 Å². The lowest BCUT2D eigenvalue weighted by molar-refractivity contribution is 0.492. The molecule has 0 atom stereocenters. The van der Waals surface area contributed by atoms with E-state index in [9.17, 15) is 0 Å².